The second-order valence-corrected chi connectivity index (χ2v) is 3.70. The Morgan fingerprint density at radius 2 is 2.33 bits per heavy atom. The maximum atomic E-state index is 13.3. The van der Waals surface area contributed by atoms with E-state index < -0.39 is 17.7 Å². The van der Waals surface area contributed by atoms with Gasteiger partial charge >= 0.3 is 5.97 Å². The number of carbonyl (C=O) groups is 1. The Morgan fingerprint density at radius 3 is 3.00 bits per heavy atom. The lowest BCUT2D eigenvalue weighted by Crippen LogP contribution is -2.31. The van der Waals surface area contributed by atoms with Crippen LogP contribution in [0.5, 0.6) is 5.75 Å². The molecular formula is C11H11FO3. The van der Waals surface area contributed by atoms with Crippen LogP contribution >= 0.6 is 0 Å². The molecular weight excluding hydrogens is 199 g/mol. The first-order chi connectivity index (χ1) is 7.11. The van der Waals surface area contributed by atoms with Crippen molar-refractivity contribution in [1.29, 1.82) is 0 Å². The summed E-state index contributed by atoms with van der Waals surface area (Å²) in [7, 11) is 0. The van der Waals surface area contributed by atoms with Crippen LogP contribution in [0.3, 0.4) is 0 Å². The van der Waals surface area contributed by atoms with E-state index in [1.165, 1.54) is 6.07 Å². The Morgan fingerprint density at radius 1 is 1.60 bits per heavy atom. The molecule has 15 heavy (non-hydrogen) atoms. The Bertz CT molecular complexity index is 403. The second kappa shape index (κ2) is 3.53. The Kier molecular flexibility index (Phi) is 2.34. The average Bonchev–Trinajstić information content (AvgIpc) is 2.19. The first-order valence-electron chi connectivity index (χ1n) is 4.75. The molecule has 0 saturated carbocycles. The summed E-state index contributed by atoms with van der Waals surface area (Å²) >= 11 is 0. The van der Waals surface area contributed by atoms with Crippen molar-refractivity contribution in [2.45, 2.75) is 12.8 Å². The first-order valence-corrected chi connectivity index (χ1v) is 4.75. The molecule has 0 radical (unpaired) electrons. The zero-order valence-electron chi connectivity index (χ0n) is 8.24. The Hall–Kier alpha value is -1.58. The second-order valence-electron chi connectivity index (χ2n) is 3.70. The van der Waals surface area contributed by atoms with E-state index in [1.54, 1.807) is 19.1 Å². The molecule has 1 aliphatic heterocycles. The van der Waals surface area contributed by atoms with E-state index >= 15 is 0 Å². The summed E-state index contributed by atoms with van der Waals surface area (Å²) < 4.78 is 18.4. The molecule has 0 aliphatic carbocycles. The van der Waals surface area contributed by atoms with Crippen molar-refractivity contribution in [3.8, 4) is 5.75 Å². The molecule has 0 fully saturated rings. The molecule has 0 amide bonds. The Labute approximate surface area is 86.5 Å². The zero-order valence-corrected chi connectivity index (χ0v) is 8.24. The number of halogens is 1. The molecule has 1 aliphatic rings. The van der Waals surface area contributed by atoms with E-state index in [4.69, 9.17) is 9.84 Å². The van der Waals surface area contributed by atoms with Crippen molar-refractivity contribution in [3.05, 3.63) is 29.6 Å². The van der Waals surface area contributed by atoms with Crippen LogP contribution in [0, 0.1) is 11.7 Å². The summed E-state index contributed by atoms with van der Waals surface area (Å²) in [4.78, 5) is 10.9. The quantitative estimate of drug-likeness (QED) is 0.771. The highest BCUT2D eigenvalue weighted by atomic mass is 19.1. The smallest absolute Gasteiger partial charge is 0.310 e. The molecule has 3 nitrogen and oxygen atoms in total. The lowest BCUT2D eigenvalue weighted by atomic mass is 9.85. The standard InChI is InChI=1S/C11H11FO3/c1-6-7-3-2-4-9(12)10(7)15-5-8(6)11(13)14/h2-4,6,8H,5H2,1H3,(H,13,14). The number of carboxylic acid groups (broad SMARTS) is 1. The van der Waals surface area contributed by atoms with Gasteiger partial charge in [0, 0.05) is 11.5 Å². The number of benzene rings is 1. The molecule has 1 aromatic carbocycles. The SMILES string of the molecule is CC1c2cccc(F)c2OCC1C(=O)O. The van der Waals surface area contributed by atoms with Crippen molar-refractivity contribution in [2.24, 2.45) is 5.92 Å². The fraction of sp³-hybridized carbons (Fsp3) is 0.364. The minimum atomic E-state index is -0.905. The molecule has 2 unspecified atom stereocenters. The number of carboxylic acids is 1. The molecule has 0 bridgehead atoms. The van der Waals surface area contributed by atoms with Gasteiger partial charge in [-0.2, -0.15) is 0 Å². The van der Waals surface area contributed by atoms with Crippen LogP contribution in [-0.2, 0) is 4.79 Å². The van der Waals surface area contributed by atoms with E-state index in [0.29, 0.717) is 5.56 Å². The van der Waals surface area contributed by atoms with Gasteiger partial charge in [-0.25, -0.2) is 4.39 Å². The molecule has 1 N–H and O–H groups in total. The molecule has 1 heterocycles. The molecule has 0 spiro atoms. The number of fused-ring (bicyclic) bond motifs is 1. The van der Waals surface area contributed by atoms with E-state index in [-0.39, 0.29) is 18.3 Å². The Balaban J connectivity index is 2.42. The molecule has 0 aromatic heterocycles. The zero-order chi connectivity index (χ0) is 11.0. The van der Waals surface area contributed by atoms with Crippen molar-refractivity contribution >= 4 is 5.97 Å². The highest BCUT2D eigenvalue weighted by molar-refractivity contribution is 5.72. The van der Waals surface area contributed by atoms with Crippen molar-refractivity contribution in [2.75, 3.05) is 6.61 Å². The third-order valence-corrected chi connectivity index (χ3v) is 2.82. The van der Waals surface area contributed by atoms with Gasteiger partial charge < -0.3 is 9.84 Å². The van der Waals surface area contributed by atoms with Crippen LogP contribution in [0.15, 0.2) is 18.2 Å². The van der Waals surface area contributed by atoms with E-state index in [1.807, 2.05) is 0 Å². The predicted molar refractivity (Wildman–Crippen MR) is 51.4 cm³/mol. The molecule has 2 atom stereocenters. The van der Waals surface area contributed by atoms with Crippen LogP contribution in [-0.4, -0.2) is 17.7 Å². The largest absolute Gasteiger partial charge is 0.489 e. The van der Waals surface area contributed by atoms with Crippen LogP contribution in [0.4, 0.5) is 4.39 Å². The third-order valence-electron chi connectivity index (χ3n) is 2.82. The first kappa shape index (κ1) is 9.96. The minimum absolute atomic E-state index is 0.0322. The number of hydrogen-bond acceptors (Lipinski definition) is 2. The molecule has 80 valence electrons. The van der Waals surface area contributed by atoms with Gasteiger partial charge in [0.15, 0.2) is 11.6 Å². The maximum absolute atomic E-state index is 13.3. The lowest BCUT2D eigenvalue weighted by Gasteiger charge is -2.28. The van der Waals surface area contributed by atoms with E-state index in [9.17, 15) is 9.18 Å². The van der Waals surface area contributed by atoms with Crippen molar-refractivity contribution in [3.63, 3.8) is 0 Å². The third kappa shape index (κ3) is 1.56. The number of rotatable bonds is 1. The maximum Gasteiger partial charge on any atom is 0.310 e. The van der Waals surface area contributed by atoms with Gasteiger partial charge in [-0.1, -0.05) is 19.1 Å². The minimum Gasteiger partial charge on any atom is -0.489 e. The van der Waals surface area contributed by atoms with Crippen LogP contribution < -0.4 is 4.74 Å². The number of aliphatic carboxylic acids is 1. The summed E-state index contributed by atoms with van der Waals surface area (Å²) in [5.74, 6) is -1.95. The van der Waals surface area contributed by atoms with E-state index in [2.05, 4.69) is 0 Å². The fourth-order valence-electron chi connectivity index (χ4n) is 1.86. The van der Waals surface area contributed by atoms with Gasteiger partial charge in [0.25, 0.3) is 0 Å². The predicted octanol–water partition coefficient (Wildman–Crippen LogP) is 2.02. The van der Waals surface area contributed by atoms with Gasteiger partial charge in [0.2, 0.25) is 0 Å². The highest BCUT2D eigenvalue weighted by Crippen LogP contribution is 2.38. The van der Waals surface area contributed by atoms with Crippen molar-refractivity contribution < 1.29 is 19.0 Å². The molecule has 1 aromatic rings. The van der Waals surface area contributed by atoms with Gasteiger partial charge in [-0.3, -0.25) is 4.79 Å². The molecule has 0 saturated heterocycles. The summed E-state index contributed by atoms with van der Waals surface area (Å²) in [5, 5.41) is 8.93. The number of hydrogen-bond donors (Lipinski definition) is 1. The van der Waals surface area contributed by atoms with Gasteiger partial charge in [0.05, 0.1) is 5.92 Å². The van der Waals surface area contributed by atoms with Crippen LogP contribution in [0.1, 0.15) is 18.4 Å². The summed E-state index contributed by atoms with van der Waals surface area (Å²) in [6.45, 7) is 1.81. The topological polar surface area (TPSA) is 46.5 Å². The van der Waals surface area contributed by atoms with E-state index in [0.717, 1.165) is 0 Å². The highest BCUT2D eigenvalue weighted by Gasteiger charge is 2.33. The summed E-state index contributed by atoms with van der Waals surface area (Å²) in [6.07, 6.45) is 0. The van der Waals surface area contributed by atoms with Gasteiger partial charge in [-0.15, -0.1) is 0 Å². The van der Waals surface area contributed by atoms with Crippen LogP contribution in [0.2, 0.25) is 0 Å². The summed E-state index contributed by atoms with van der Waals surface area (Å²) in [6, 6.07) is 4.59. The lowest BCUT2D eigenvalue weighted by molar-refractivity contribution is -0.144. The monoisotopic (exact) mass is 210 g/mol. The van der Waals surface area contributed by atoms with Gasteiger partial charge in [-0.05, 0) is 6.07 Å². The van der Waals surface area contributed by atoms with Crippen molar-refractivity contribution in [1.82, 2.24) is 0 Å². The van der Waals surface area contributed by atoms with Gasteiger partial charge in [0.1, 0.15) is 6.61 Å². The molecule has 4 heteroatoms. The van der Waals surface area contributed by atoms with Crippen LogP contribution in [0.25, 0.3) is 0 Å². The average molecular weight is 210 g/mol. The number of ether oxygens (including phenoxy) is 1. The normalized spacial score (nSPS) is 24.1. The molecule has 2 rings (SSSR count). The fourth-order valence-corrected chi connectivity index (χ4v) is 1.86. The summed E-state index contributed by atoms with van der Waals surface area (Å²) in [5.41, 5.74) is 0.633. The number of para-hydroxylation sites is 1.